The van der Waals surface area contributed by atoms with Crippen molar-refractivity contribution < 1.29 is 38.2 Å². The highest BCUT2D eigenvalue weighted by Gasteiger charge is 2.41. The van der Waals surface area contributed by atoms with E-state index in [0.29, 0.717) is 45.4 Å². The first-order valence-electron chi connectivity index (χ1n) is 19.9. The zero-order valence-electron chi connectivity index (χ0n) is 35.2. The quantitative estimate of drug-likeness (QED) is 0.121. The van der Waals surface area contributed by atoms with Crippen LogP contribution in [0.4, 0.5) is 0 Å². The van der Waals surface area contributed by atoms with Crippen LogP contribution in [0.5, 0.6) is 0 Å². The van der Waals surface area contributed by atoms with E-state index in [9.17, 15) is 19.2 Å². The number of aromatic nitrogens is 4. The summed E-state index contributed by atoms with van der Waals surface area (Å²) in [5, 5.41) is 0. The van der Waals surface area contributed by atoms with E-state index in [1.807, 2.05) is 19.1 Å². The molecule has 4 aliphatic heterocycles. The number of imide groups is 1. The Labute approximate surface area is 342 Å². The average molecular weight is 800 g/mol. The number of carbonyl (C=O) groups is 5. The van der Waals surface area contributed by atoms with Crippen molar-refractivity contribution in [2.45, 2.75) is 92.5 Å². The molecule has 59 heavy (non-hydrogen) atoms. The number of hydrogen-bond donors (Lipinski definition) is 2. The molecule has 0 fully saturated rings. The number of amides is 2. The monoisotopic (exact) mass is 799 g/mol. The number of ether oxygens (including phenoxy) is 3. The van der Waals surface area contributed by atoms with E-state index in [1.54, 1.807) is 13.0 Å². The molecule has 13 nitrogen and oxygen atoms in total. The Bertz CT molecular complexity index is 2640. The molecule has 0 unspecified atom stereocenters. The minimum atomic E-state index is -0.768. The van der Waals surface area contributed by atoms with E-state index in [2.05, 4.69) is 50.7 Å². The van der Waals surface area contributed by atoms with Crippen molar-refractivity contribution in [2.75, 3.05) is 21.3 Å². The third kappa shape index (κ3) is 6.81. The average Bonchev–Trinajstić information content (AvgIpc) is 3.90. The molecule has 0 spiro atoms. The Kier molecular flexibility index (Phi) is 10.9. The Hall–Kier alpha value is -6.37. The summed E-state index contributed by atoms with van der Waals surface area (Å²) < 4.78 is 15.0. The molecular formula is C46H49N5O8. The molecule has 0 aliphatic carbocycles. The number of H-pyrrole nitrogens is 2. The van der Waals surface area contributed by atoms with E-state index >= 15 is 4.79 Å². The summed E-state index contributed by atoms with van der Waals surface area (Å²) in [4.78, 5) is 86.9. The van der Waals surface area contributed by atoms with E-state index in [4.69, 9.17) is 24.2 Å². The first kappa shape index (κ1) is 40.8. The van der Waals surface area contributed by atoms with Crippen LogP contribution in [0, 0.1) is 13.8 Å². The molecule has 2 aromatic heterocycles. The maximum Gasteiger partial charge on any atom is 0.339 e. The summed E-state index contributed by atoms with van der Waals surface area (Å²) >= 11 is 0. The second kappa shape index (κ2) is 15.8. The number of nitrogens with one attached hydrogen (secondary N) is 2. The second-order valence-electron chi connectivity index (χ2n) is 15.4. The van der Waals surface area contributed by atoms with Gasteiger partial charge in [-0.1, -0.05) is 26.8 Å². The SMILES string of the molecule is CCC1=C(C)c2cc3[nH]c(c4c5[nH]c(cc6nc(cc1n2)C(C)=C6CC)c(C)c5C(=O)N(Cc1cc(C)c(C(=O)OC)c(C(=O)OC)c1)C4=O)[C@@H](CCC(=O)OC)[C@@H]3C. The van der Waals surface area contributed by atoms with E-state index in [1.165, 1.54) is 32.3 Å². The maximum absolute atomic E-state index is 15.2. The summed E-state index contributed by atoms with van der Waals surface area (Å²) in [6.07, 6.45) is 1.94. The molecule has 2 atom stereocenters. The number of methoxy groups -OCH3 is 3. The smallest absolute Gasteiger partial charge is 0.339 e. The fraction of sp³-hybridized carbons (Fsp3) is 0.370. The van der Waals surface area contributed by atoms with Gasteiger partial charge in [0, 0.05) is 35.2 Å². The van der Waals surface area contributed by atoms with E-state index < -0.39 is 23.8 Å². The summed E-state index contributed by atoms with van der Waals surface area (Å²) in [7, 11) is 3.77. The summed E-state index contributed by atoms with van der Waals surface area (Å²) in [5.74, 6) is -3.53. The van der Waals surface area contributed by atoms with Gasteiger partial charge in [-0.25, -0.2) is 19.6 Å². The predicted octanol–water partition coefficient (Wildman–Crippen LogP) is 8.55. The fourth-order valence-corrected chi connectivity index (χ4v) is 8.95. The highest BCUT2D eigenvalue weighted by molar-refractivity contribution is 6.23. The van der Waals surface area contributed by atoms with Gasteiger partial charge in [0.15, 0.2) is 0 Å². The zero-order valence-corrected chi connectivity index (χ0v) is 35.2. The minimum absolute atomic E-state index is 0.0308. The number of aryl methyl sites for hydroxylation is 2. The van der Waals surface area contributed by atoms with Crippen LogP contribution in [0.3, 0.4) is 0 Å². The van der Waals surface area contributed by atoms with Crippen LogP contribution in [0.2, 0.25) is 0 Å². The van der Waals surface area contributed by atoms with Crippen LogP contribution < -0.4 is 0 Å². The van der Waals surface area contributed by atoms with Crippen molar-refractivity contribution in [3.8, 4) is 0 Å². The van der Waals surface area contributed by atoms with Crippen LogP contribution in [0.25, 0.3) is 33.3 Å². The first-order chi connectivity index (χ1) is 28.2. The van der Waals surface area contributed by atoms with Gasteiger partial charge in [-0.15, -0.1) is 0 Å². The van der Waals surface area contributed by atoms with Crippen LogP contribution >= 0.6 is 0 Å². The normalized spacial score (nSPS) is 16.7. The lowest BCUT2D eigenvalue weighted by atomic mass is 9.84. The molecule has 8 bridgehead atoms. The number of rotatable bonds is 9. The van der Waals surface area contributed by atoms with Gasteiger partial charge in [-0.05, 0) is 110 Å². The topological polar surface area (TPSA) is 174 Å². The molecule has 0 radical (unpaired) electrons. The third-order valence-electron chi connectivity index (χ3n) is 12.2. The maximum atomic E-state index is 15.2. The van der Waals surface area contributed by atoms with E-state index in [0.717, 1.165) is 63.6 Å². The Morgan fingerprint density at radius 2 is 1.36 bits per heavy atom. The molecule has 0 saturated heterocycles. The lowest BCUT2D eigenvalue weighted by Gasteiger charge is -2.28. The van der Waals surface area contributed by atoms with Gasteiger partial charge >= 0.3 is 17.9 Å². The second-order valence-corrected chi connectivity index (χ2v) is 15.4. The van der Waals surface area contributed by atoms with Crippen LogP contribution in [-0.4, -0.2) is 75.9 Å². The summed E-state index contributed by atoms with van der Waals surface area (Å²) in [6.45, 7) is 13.6. The molecular weight excluding hydrogens is 751 g/mol. The van der Waals surface area contributed by atoms with Crippen LogP contribution in [0.1, 0.15) is 164 Å². The van der Waals surface area contributed by atoms with Gasteiger partial charge in [-0.2, -0.15) is 0 Å². The molecule has 2 amide bonds. The first-order valence-corrected chi connectivity index (χ1v) is 19.9. The lowest BCUT2D eigenvalue weighted by Crippen LogP contribution is -2.40. The molecule has 6 heterocycles. The van der Waals surface area contributed by atoms with Crippen molar-refractivity contribution in [3.05, 3.63) is 103 Å². The van der Waals surface area contributed by atoms with Crippen molar-refractivity contribution in [3.63, 3.8) is 0 Å². The highest BCUT2D eigenvalue weighted by Crippen LogP contribution is 2.45. The molecule has 3 aromatic rings. The number of allylic oxidation sites excluding steroid dienone is 4. The van der Waals surface area contributed by atoms with Gasteiger partial charge in [0.05, 0.1) is 78.4 Å². The largest absolute Gasteiger partial charge is 0.469 e. The van der Waals surface area contributed by atoms with Gasteiger partial charge in [0.2, 0.25) is 0 Å². The van der Waals surface area contributed by atoms with Gasteiger partial charge in [0.1, 0.15) is 0 Å². The lowest BCUT2D eigenvalue weighted by molar-refractivity contribution is -0.140. The molecule has 1 aromatic carbocycles. The molecule has 7 rings (SSSR count). The number of benzene rings is 1. The van der Waals surface area contributed by atoms with Gasteiger partial charge < -0.3 is 24.2 Å². The Morgan fingerprint density at radius 1 is 0.746 bits per heavy atom. The van der Waals surface area contributed by atoms with Gasteiger partial charge in [-0.3, -0.25) is 19.3 Å². The third-order valence-corrected chi connectivity index (χ3v) is 12.2. The number of esters is 3. The van der Waals surface area contributed by atoms with Crippen LogP contribution in [-0.2, 0) is 25.5 Å². The summed E-state index contributed by atoms with van der Waals surface area (Å²) in [5.41, 5.74) is 11.9. The van der Waals surface area contributed by atoms with Crippen molar-refractivity contribution >= 4 is 63.0 Å². The van der Waals surface area contributed by atoms with Crippen molar-refractivity contribution in [2.24, 2.45) is 0 Å². The Morgan fingerprint density at radius 3 is 1.97 bits per heavy atom. The molecule has 0 saturated carbocycles. The molecule has 2 N–H and O–H groups in total. The highest BCUT2D eigenvalue weighted by atomic mass is 16.5. The number of carbonyl (C=O) groups excluding carboxylic acids is 5. The van der Waals surface area contributed by atoms with Crippen molar-refractivity contribution in [1.82, 2.24) is 24.8 Å². The standard InChI is InChI=1S/C46H49N5O8/c1-11-27-22(4)31-17-33-24(6)29(13-14-37(52)57-8)41(49-33)40-42-39(25(7)34(50-42)19-36-28(12-2)23(5)32(48-36)18-35(27)47-31)43(53)51(44(40)54)20-26-15-21(3)38(46(56)59-10)30(16-26)45(55)58-9/h15-19,24,29,49-50H,11-14,20H2,1-10H3/t24-,29-/m0/s1. The summed E-state index contributed by atoms with van der Waals surface area (Å²) in [6, 6.07) is 9.11. The molecule has 13 heteroatoms. The molecule has 306 valence electrons. The predicted molar refractivity (Wildman–Crippen MR) is 223 cm³/mol. The fourth-order valence-electron chi connectivity index (χ4n) is 8.95. The van der Waals surface area contributed by atoms with Gasteiger partial charge in [0.25, 0.3) is 11.8 Å². The molecule has 4 aliphatic rings. The Balaban J connectivity index is 1.55. The number of fused-ring (bicyclic) bond motifs is 8. The number of hydrogen-bond acceptors (Lipinski definition) is 10. The van der Waals surface area contributed by atoms with Crippen molar-refractivity contribution in [1.29, 1.82) is 0 Å². The number of aromatic amines is 2. The number of nitrogens with zero attached hydrogens (tertiary/aromatic N) is 3. The zero-order chi connectivity index (χ0) is 42.6. The minimum Gasteiger partial charge on any atom is -0.469 e. The van der Waals surface area contributed by atoms with E-state index in [-0.39, 0.29) is 47.5 Å². The van der Waals surface area contributed by atoms with Crippen LogP contribution in [0.15, 0.2) is 30.3 Å².